The van der Waals surface area contributed by atoms with Crippen molar-refractivity contribution in [1.82, 2.24) is 14.5 Å². The molecule has 2 rings (SSSR count). The lowest BCUT2D eigenvalue weighted by molar-refractivity contribution is 0.561. The molecule has 0 bridgehead atoms. The zero-order valence-corrected chi connectivity index (χ0v) is 11.7. The van der Waals surface area contributed by atoms with Crippen LogP contribution < -0.4 is 0 Å². The Morgan fingerprint density at radius 2 is 2.22 bits per heavy atom. The molecule has 0 aromatic carbocycles. The molecular formula is C11H14ClN3O2S. The van der Waals surface area contributed by atoms with Crippen LogP contribution in [0.4, 0.5) is 0 Å². The highest BCUT2D eigenvalue weighted by Gasteiger charge is 2.18. The average Bonchev–Trinajstić information content (AvgIpc) is 2.64. The second-order valence-electron chi connectivity index (χ2n) is 4.34. The van der Waals surface area contributed by atoms with E-state index in [1.807, 2.05) is 17.6 Å². The number of nitrogens with zero attached hydrogens (tertiary/aromatic N) is 3. The third kappa shape index (κ3) is 2.64. The minimum atomic E-state index is -3.05. The Bertz CT molecular complexity index is 666. The summed E-state index contributed by atoms with van der Waals surface area (Å²) >= 11 is 5.87. The monoisotopic (exact) mass is 287 g/mol. The molecule has 1 atom stereocenters. The zero-order chi connectivity index (χ0) is 13.3. The van der Waals surface area contributed by atoms with Crippen LogP contribution in [0.1, 0.15) is 18.8 Å². The molecule has 0 amide bonds. The Kier molecular flexibility index (Phi) is 3.59. The van der Waals surface area contributed by atoms with Gasteiger partial charge < -0.3 is 4.57 Å². The van der Waals surface area contributed by atoms with E-state index < -0.39 is 9.84 Å². The van der Waals surface area contributed by atoms with Crippen molar-refractivity contribution in [1.29, 1.82) is 0 Å². The molecular weight excluding hydrogens is 274 g/mol. The van der Waals surface area contributed by atoms with E-state index in [1.54, 1.807) is 12.4 Å². The number of imidazole rings is 1. The Morgan fingerprint density at radius 3 is 2.83 bits per heavy atom. The lowest BCUT2D eigenvalue weighted by Gasteiger charge is -2.15. The number of hydrogen-bond donors (Lipinski definition) is 0. The van der Waals surface area contributed by atoms with Gasteiger partial charge in [-0.1, -0.05) is 0 Å². The largest absolute Gasteiger partial charge is 0.323 e. The van der Waals surface area contributed by atoms with Gasteiger partial charge in [-0.2, -0.15) is 0 Å². The van der Waals surface area contributed by atoms with Crippen molar-refractivity contribution in [3.05, 3.63) is 24.3 Å². The molecule has 5 nitrogen and oxygen atoms in total. The van der Waals surface area contributed by atoms with Gasteiger partial charge in [-0.3, -0.25) is 4.98 Å². The molecule has 0 fully saturated rings. The first-order valence-electron chi connectivity index (χ1n) is 5.47. The van der Waals surface area contributed by atoms with E-state index in [2.05, 4.69) is 9.97 Å². The molecule has 0 radical (unpaired) electrons. The van der Waals surface area contributed by atoms with Crippen molar-refractivity contribution in [3.8, 4) is 0 Å². The van der Waals surface area contributed by atoms with Crippen LogP contribution in [0.3, 0.4) is 0 Å². The summed E-state index contributed by atoms with van der Waals surface area (Å²) < 4.78 is 24.7. The molecule has 1 unspecified atom stereocenters. The fraction of sp³-hybridized carbons (Fsp3) is 0.455. The highest BCUT2D eigenvalue weighted by Crippen LogP contribution is 2.22. The molecule has 0 aliphatic rings. The summed E-state index contributed by atoms with van der Waals surface area (Å²) in [6.45, 7) is 1.85. The van der Waals surface area contributed by atoms with Crippen molar-refractivity contribution in [2.75, 3.05) is 12.0 Å². The van der Waals surface area contributed by atoms with Crippen molar-refractivity contribution in [3.63, 3.8) is 0 Å². The number of pyridine rings is 1. The third-order valence-electron chi connectivity index (χ3n) is 2.67. The lowest BCUT2D eigenvalue weighted by atomic mass is 10.3. The molecule has 0 aliphatic heterocycles. The molecule has 0 aliphatic carbocycles. The van der Waals surface area contributed by atoms with E-state index in [1.165, 1.54) is 6.26 Å². The number of hydrogen-bond acceptors (Lipinski definition) is 4. The van der Waals surface area contributed by atoms with Crippen LogP contribution in [0, 0.1) is 0 Å². The van der Waals surface area contributed by atoms with Gasteiger partial charge >= 0.3 is 0 Å². The normalized spacial score (nSPS) is 13.9. The standard InChI is InChI=1S/C11H14ClN3O2S/c1-8(7-18(2,16)17)15-10-3-4-13-6-9(10)14-11(15)5-12/h3-4,6,8H,5,7H2,1-2H3. The quantitative estimate of drug-likeness (QED) is 0.804. The van der Waals surface area contributed by atoms with Crippen LogP contribution in [0.2, 0.25) is 0 Å². The number of sulfone groups is 1. The Balaban J connectivity index is 2.54. The summed E-state index contributed by atoms with van der Waals surface area (Å²) in [5.41, 5.74) is 1.59. The van der Waals surface area contributed by atoms with E-state index in [-0.39, 0.29) is 17.7 Å². The SMILES string of the molecule is CC(CS(C)(=O)=O)n1c(CCl)nc2cnccc21. The minimum absolute atomic E-state index is 0.0602. The summed E-state index contributed by atoms with van der Waals surface area (Å²) in [5.74, 6) is 0.962. The van der Waals surface area contributed by atoms with Gasteiger partial charge in [0.1, 0.15) is 21.2 Å². The number of alkyl halides is 1. The first-order chi connectivity index (χ1) is 8.42. The lowest BCUT2D eigenvalue weighted by Crippen LogP contribution is -2.18. The molecule has 18 heavy (non-hydrogen) atoms. The first kappa shape index (κ1) is 13.3. The summed E-state index contributed by atoms with van der Waals surface area (Å²) in [7, 11) is -3.05. The predicted octanol–water partition coefficient (Wildman–Crippen LogP) is 1.78. The average molecular weight is 288 g/mol. The van der Waals surface area contributed by atoms with Crippen LogP contribution >= 0.6 is 11.6 Å². The number of fused-ring (bicyclic) bond motifs is 1. The van der Waals surface area contributed by atoms with Crippen LogP contribution in [0.5, 0.6) is 0 Å². The van der Waals surface area contributed by atoms with Gasteiger partial charge in [-0.05, 0) is 13.0 Å². The molecule has 0 saturated heterocycles. The van der Waals surface area contributed by atoms with Crippen LogP contribution in [-0.2, 0) is 15.7 Å². The van der Waals surface area contributed by atoms with E-state index in [0.717, 1.165) is 11.0 Å². The van der Waals surface area contributed by atoms with Gasteiger partial charge in [0.05, 0.1) is 23.3 Å². The van der Waals surface area contributed by atoms with Crippen LogP contribution in [-0.4, -0.2) is 35.0 Å². The van der Waals surface area contributed by atoms with E-state index in [0.29, 0.717) is 5.82 Å². The van der Waals surface area contributed by atoms with Gasteiger partial charge in [-0.15, -0.1) is 11.6 Å². The zero-order valence-electron chi connectivity index (χ0n) is 10.2. The molecule has 0 N–H and O–H groups in total. The number of halogens is 1. The molecule has 0 spiro atoms. The maximum atomic E-state index is 11.4. The summed E-state index contributed by atoms with van der Waals surface area (Å²) in [4.78, 5) is 8.35. The molecule has 0 saturated carbocycles. The molecule has 2 heterocycles. The number of rotatable bonds is 4. The molecule has 2 aromatic heterocycles. The summed E-state index contributed by atoms with van der Waals surface area (Å²) in [6, 6.07) is 1.61. The number of aromatic nitrogens is 3. The predicted molar refractivity (Wildman–Crippen MR) is 71.5 cm³/mol. The van der Waals surface area contributed by atoms with E-state index >= 15 is 0 Å². The third-order valence-corrected chi connectivity index (χ3v) is 4.00. The minimum Gasteiger partial charge on any atom is -0.323 e. The molecule has 2 aromatic rings. The van der Waals surface area contributed by atoms with Crippen molar-refractivity contribution in [2.45, 2.75) is 18.8 Å². The first-order valence-corrected chi connectivity index (χ1v) is 8.06. The summed E-state index contributed by atoms with van der Waals surface area (Å²) in [5, 5.41) is 0. The fourth-order valence-electron chi connectivity index (χ4n) is 2.10. The van der Waals surface area contributed by atoms with Crippen molar-refractivity contribution >= 4 is 32.5 Å². The van der Waals surface area contributed by atoms with Gasteiger partial charge in [0.25, 0.3) is 0 Å². The second-order valence-corrected chi connectivity index (χ2v) is 6.79. The fourth-order valence-corrected chi connectivity index (χ4v) is 3.31. The van der Waals surface area contributed by atoms with Crippen molar-refractivity contribution < 1.29 is 8.42 Å². The Labute approximate surface area is 111 Å². The van der Waals surface area contributed by atoms with E-state index in [4.69, 9.17) is 11.6 Å². The van der Waals surface area contributed by atoms with Gasteiger partial charge in [0, 0.05) is 18.5 Å². The summed E-state index contributed by atoms with van der Waals surface area (Å²) in [6.07, 6.45) is 4.53. The van der Waals surface area contributed by atoms with Crippen molar-refractivity contribution in [2.24, 2.45) is 0 Å². The van der Waals surface area contributed by atoms with Crippen LogP contribution in [0.25, 0.3) is 11.0 Å². The maximum Gasteiger partial charge on any atom is 0.149 e. The molecule has 98 valence electrons. The van der Waals surface area contributed by atoms with Gasteiger partial charge in [0.2, 0.25) is 0 Å². The smallest absolute Gasteiger partial charge is 0.149 e. The second kappa shape index (κ2) is 4.85. The highest BCUT2D eigenvalue weighted by atomic mass is 35.5. The van der Waals surface area contributed by atoms with Gasteiger partial charge in [0.15, 0.2) is 0 Å². The van der Waals surface area contributed by atoms with E-state index in [9.17, 15) is 8.42 Å². The maximum absolute atomic E-state index is 11.4. The highest BCUT2D eigenvalue weighted by molar-refractivity contribution is 7.90. The van der Waals surface area contributed by atoms with Gasteiger partial charge in [-0.25, -0.2) is 13.4 Å². The molecule has 7 heteroatoms. The Morgan fingerprint density at radius 1 is 1.50 bits per heavy atom. The topological polar surface area (TPSA) is 64.8 Å². The van der Waals surface area contributed by atoms with Crippen LogP contribution in [0.15, 0.2) is 18.5 Å². The Hall–Kier alpha value is -1.14.